The third kappa shape index (κ3) is 2.16. The average molecular weight is 290 g/mol. The van der Waals surface area contributed by atoms with Crippen molar-refractivity contribution < 1.29 is 4.74 Å². The summed E-state index contributed by atoms with van der Waals surface area (Å²) >= 11 is 5.56. The van der Waals surface area contributed by atoms with Gasteiger partial charge in [-0.1, -0.05) is 19.9 Å². The first-order valence-corrected chi connectivity index (χ1v) is 7.80. The van der Waals surface area contributed by atoms with E-state index in [-0.39, 0.29) is 0 Å². The van der Waals surface area contributed by atoms with Crippen LogP contribution in [0, 0.1) is 16.6 Å². The Balaban J connectivity index is 2.08. The van der Waals surface area contributed by atoms with Gasteiger partial charge in [0.15, 0.2) is 4.77 Å². The molecule has 1 aromatic heterocycles. The highest BCUT2D eigenvalue weighted by atomic mass is 32.1. The summed E-state index contributed by atoms with van der Waals surface area (Å²) < 4.78 is 8.55. The fraction of sp³-hybridized carbons (Fsp3) is 0.562. The van der Waals surface area contributed by atoms with Crippen LogP contribution in [0.2, 0.25) is 0 Å². The molecule has 2 aromatic rings. The second-order valence-corrected chi connectivity index (χ2v) is 6.46. The van der Waals surface area contributed by atoms with Gasteiger partial charge in [-0.2, -0.15) is 0 Å². The fourth-order valence-corrected chi connectivity index (χ4v) is 3.76. The lowest BCUT2D eigenvalue weighted by Gasteiger charge is -2.33. The Hall–Kier alpha value is -1.29. The number of nitrogens with zero attached hydrogens (tertiary/aromatic N) is 1. The number of H-pyrrole nitrogens is 1. The van der Waals surface area contributed by atoms with Gasteiger partial charge < -0.3 is 14.3 Å². The first-order valence-electron chi connectivity index (χ1n) is 7.39. The molecule has 3 nitrogen and oxygen atoms in total. The standard InChI is InChI=1S/C16H22N2OS/c1-10-7-8-12(9-11(10)2)18-13-5-4-6-14(19-3)15(13)17-16(18)20/h4-6,10-12H,7-9H2,1-3H3,(H,17,20). The lowest BCUT2D eigenvalue weighted by molar-refractivity contribution is 0.212. The highest BCUT2D eigenvalue weighted by Crippen LogP contribution is 2.38. The summed E-state index contributed by atoms with van der Waals surface area (Å²) in [5.74, 6) is 2.44. The summed E-state index contributed by atoms with van der Waals surface area (Å²) in [6.45, 7) is 4.72. The smallest absolute Gasteiger partial charge is 0.178 e. The highest BCUT2D eigenvalue weighted by Gasteiger charge is 2.27. The molecule has 1 N–H and O–H groups in total. The normalized spacial score (nSPS) is 26.9. The lowest BCUT2D eigenvalue weighted by atomic mass is 9.79. The van der Waals surface area contributed by atoms with Gasteiger partial charge in [0.25, 0.3) is 0 Å². The van der Waals surface area contributed by atoms with E-state index < -0.39 is 0 Å². The molecule has 1 aromatic carbocycles. The molecule has 0 saturated heterocycles. The van der Waals surface area contributed by atoms with E-state index in [1.807, 2.05) is 12.1 Å². The van der Waals surface area contributed by atoms with Crippen LogP contribution in [0.25, 0.3) is 11.0 Å². The predicted octanol–water partition coefficient (Wildman–Crippen LogP) is 4.70. The molecule has 0 aliphatic heterocycles. The maximum atomic E-state index is 5.56. The summed E-state index contributed by atoms with van der Waals surface area (Å²) in [5, 5.41) is 0. The van der Waals surface area contributed by atoms with Crippen molar-refractivity contribution in [2.75, 3.05) is 7.11 Å². The summed E-state index contributed by atoms with van der Waals surface area (Å²) in [7, 11) is 1.70. The monoisotopic (exact) mass is 290 g/mol. The Morgan fingerprint density at radius 1 is 1.25 bits per heavy atom. The molecule has 0 bridgehead atoms. The minimum absolute atomic E-state index is 0.509. The van der Waals surface area contributed by atoms with Crippen LogP contribution in [0.3, 0.4) is 0 Å². The van der Waals surface area contributed by atoms with Gasteiger partial charge in [-0.25, -0.2) is 0 Å². The number of fused-ring (bicyclic) bond motifs is 1. The number of para-hydroxylation sites is 1. The molecule has 108 valence electrons. The number of aromatic amines is 1. The van der Waals surface area contributed by atoms with E-state index in [1.165, 1.54) is 24.8 Å². The SMILES string of the molecule is COc1cccc2c1[nH]c(=S)n2C1CCC(C)C(C)C1. The van der Waals surface area contributed by atoms with Crippen LogP contribution in [-0.4, -0.2) is 16.7 Å². The second-order valence-electron chi connectivity index (χ2n) is 6.08. The van der Waals surface area contributed by atoms with E-state index >= 15 is 0 Å². The summed E-state index contributed by atoms with van der Waals surface area (Å²) in [6, 6.07) is 6.65. The zero-order valence-electron chi connectivity index (χ0n) is 12.3. The molecule has 0 radical (unpaired) electrons. The molecule has 20 heavy (non-hydrogen) atoms. The van der Waals surface area contributed by atoms with Crippen molar-refractivity contribution in [3.8, 4) is 5.75 Å². The van der Waals surface area contributed by atoms with Crippen LogP contribution in [0.15, 0.2) is 18.2 Å². The summed E-state index contributed by atoms with van der Waals surface area (Å²) in [5.41, 5.74) is 2.19. The molecule has 1 aliphatic carbocycles. The maximum Gasteiger partial charge on any atom is 0.178 e. The predicted molar refractivity (Wildman–Crippen MR) is 84.9 cm³/mol. The topological polar surface area (TPSA) is 29.9 Å². The second kappa shape index (κ2) is 5.24. The number of aromatic nitrogens is 2. The van der Waals surface area contributed by atoms with Crippen molar-refractivity contribution in [3.05, 3.63) is 23.0 Å². The maximum absolute atomic E-state index is 5.56. The number of hydrogen-bond acceptors (Lipinski definition) is 2. The van der Waals surface area contributed by atoms with Gasteiger partial charge in [0.1, 0.15) is 11.3 Å². The van der Waals surface area contributed by atoms with Crippen molar-refractivity contribution in [2.24, 2.45) is 11.8 Å². The van der Waals surface area contributed by atoms with Crippen molar-refractivity contribution in [1.82, 2.24) is 9.55 Å². The number of nitrogens with one attached hydrogen (secondary N) is 1. The van der Waals surface area contributed by atoms with Crippen LogP contribution in [0.5, 0.6) is 5.75 Å². The highest BCUT2D eigenvalue weighted by molar-refractivity contribution is 7.71. The number of rotatable bonds is 2. The zero-order valence-corrected chi connectivity index (χ0v) is 13.2. The Bertz CT molecular complexity index is 673. The van der Waals surface area contributed by atoms with Crippen LogP contribution < -0.4 is 4.74 Å². The minimum atomic E-state index is 0.509. The molecule has 0 spiro atoms. The van der Waals surface area contributed by atoms with Crippen LogP contribution in [0.1, 0.15) is 39.2 Å². The van der Waals surface area contributed by atoms with Gasteiger partial charge in [0.2, 0.25) is 0 Å². The minimum Gasteiger partial charge on any atom is -0.494 e. The van der Waals surface area contributed by atoms with E-state index in [9.17, 15) is 0 Å². The molecule has 1 saturated carbocycles. The molecule has 3 rings (SSSR count). The number of benzene rings is 1. The molecule has 1 heterocycles. The third-order valence-electron chi connectivity index (χ3n) is 4.87. The number of imidazole rings is 1. The molecule has 1 fully saturated rings. The van der Waals surface area contributed by atoms with E-state index in [4.69, 9.17) is 17.0 Å². The van der Waals surface area contributed by atoms with Gasteiger partial charge in [-0.3, -0.25) is 0 Å². The molecule has 4 heteroatoms. The molecule has 3 unspecified atom stereocenters. The van der Waals surface area contributed by atoms with E-state index in [0.717, 1.165) is 27.9 Å². The quantitative estimate of drug-likeness (QED) is 0.812. The number of ether oxygens (including phenoxy) is 1. The Morgan fingerprint density at radius 2 is 2.05 bits per heavy atom. The van der Waals surface area contributed by atoms with Crippen molar-refractivity contribution in [3.63, 3.8) is 0 Å². The van der Waals surface area contributed by atoms with Gasteiger partial charge in [0, 0.05) is 6.04 Å². The summed E-state index contributed by atoms with van der Waals surface area (Å²) in [4.78, 5) is 3.32. The average Bonchev–Trinajstić information content (AvgIpc) is 2.78. The largest absolute Gasteiger partial charge is 0.494 e. The third-order valence-corrected chi connectivity index (χ3v) is 5.17. The van der Waals surface area contributed by atoms with E-state index in [0.29, 0.717) is 6.04 Å². The molecule has 0 amide bonds. The first-order chi connectivity index (χ1) is 9.61. The Kier molecular flexibility index (Phi) is 3.59. The van der Waals surface area contributed by atoms with Crippen molar-refractivity contribution >= 4 is 23.3 Å². The zero-order chi connectivity index (χ0) is 14.3. The molecular formula is C16H22N2OS. The van der Waals surface area contributed by atoms with E-state index in [1.54, 1.807) is 7.11 Å². The van der Waals surface area contributed by atoms with Crippen molar-refractivity contribution in [2.45, 2.75) is 39.2 Å². The Labute approximate surface area is 125 Å². The fourth-order valence-electron chi connectivity index (χ4n) is 3.41. The molecule has 1 aliphatic rings. The van der Waals surface area contributed by atoms with Crippen LogP contribution >= 0.6 is 12.2 Å². The molecular weight excluding hydrogens is 268 g/mol. The first kappa shape index (κ1) is 13.7. The van der Waals surface area contributed by atoms with Gasteiger partial charge >= 0.3 is 0 Å². The van der Waals surface area contributed by atoms with Crippen LogP contribution in [-0.2, 0) is 0 Å². The summed E-state index contributed by atoms with van der Waals surface area (Å²) in [6.07, 6.45) is 3.70. The van der Waals surface area contributed by atoms with Gasteiger partial charge in [-0.05, 0) is 55.4 Å². The van der Waals surface area contributed by atoms with Crippen molar-refractivity contribution in [1.29, 1.82) is 0 Å². The Morgan fingerprint density at radius 3 is 2.75 bits per heavy atom. The number of methoxy groups -OCH3 is 1. The lowest BCUT2D eigenvalue weighted by Crippen LogP contribution is -2.23. The number of hydrogen-bond donors (Lipinski definition) is 1. The van der Waals surface area contributed by atoms with Gasteiger partial charge in [0.05, 0.1) is 12.6 Å². The van der Waals surface area contributed by atoms with Crippen LogP contribution in [0.4, 0.5) is 0 Å². The molecule has 3 atom stereocenters. The van der Waals surface area contributed by atoms with Gasteiger partial charge in [-0.15, -0.1) is 0 Å². The van der Waals surface area contributed by atoms with E-state index in [2.05, 4.69) is 29.5 Å².